The second-order valence-electron chi connectivity index (χ2n) is 6.30. The lowest BCUT2D eigenvalue weighted by molar-refractivity contribution is 0.102. The molecule has 0 spiro atoms. The van der Waals surface area contributed by atoms with Crippen LogP contribution in [0, 0.1) is 0 Å². The van der Waals surface area contributed by atoms with Crippen molar-refractivity contribution < 1.29 is 23.7 Å². The molecule has 1 amide bonds. The van der Waals surface area contributed by atoms with Crippen molar-refractivity contribution in [3.05, 3.63) is 52.0 Å². The largest absolute Gasteiger partial charge is 0.490 e. The fraction of sp³-hybridized carbons (Fsp3) is 0.318. The van der Waals surface area contributed by atoms with Gasteiger partial charge in [0.1, 0.15) is 12.4 Å². The van der Waals surface area contributed by atoms with Crippen LogP contribution in [0.4, 0.5) is 5.13 Å². The number of amides is 1. The van der Waals surface area contributed by atoms with E-state index in [1.165, 1.54) is 11.3 Å². The first-order valence-electron chi connectivity index (χ1n) is 10.1. The summed E-state index contributed by atoms with van der Waals surface area (Å²) in [6.07, 6.45) is 0. The van der Waals surface area contributed by atoms with E-state index >= 15 is 0 Å². The smallest absolute Gasteiger partial charge is 0.257 e. The Morgan fingerprint density at radius 1 is 0.938 bits per heavy atom. The van der Waals surface area contributed by atoms with Crippen molar-refractivity contribution in [1.29, 1.82) is 0 Å². The quantitative estimate of drug-likeness (QED) is 0.404. The lowest BCUT2D eigenvalue weighted by Crippen LogP contribution is -2.13. The van der Waals surface area contributed by atoms with Crippen molar-refractivity contribution in [2.24, 2.45) is 0 Å². The third-order valence-electron chi connectivity index (χ3n) is 4.03. The number of ether oxygens (including phenoxy) is 4. The molecule has 8 nitrogen and oxygen atoms in total. The van der Waals surface area contributed by atoms with E-state index in [0.29, 0.717) is 63.5 Å². The van der Waals surface area contributed by atoms with Crippen LogP contribution in [-0.4, -0.2) is 35.9 Å². The lowest BCUT2D eigenvalue weighted by atomic mass is 10.1. The number of aromatic nitrogens is 2. The van der Waals surface area contributed by atoms with Crippen molar-refractivity contribution in [2.75, 3.05) is 25.1 Å². The number of nitrogens with zero attached hydrogens (tertiary/aromatic N) is 2. The third kappa shape index (κ3) is 6.24. The maximum atomic E-state index is 12.8. The standard InChI is InChI=1S/C22H24ClN3O5S/c1-4-28-17-11-14(12-18(29-5-2)20(17)30-6-3)21(27)24-22-26-25-19(32-22)13-31-16-9-7-15(23)8-10-16/h7-12H,4-6,13H2,1-3H3,(H,24,26,27). The normalized spacial score (nSPS) is 10.5. The summed E-state index contributed by atoms with van der Waals surface area (Å²) in [5.74, 6) is 1.66. The van der Waals surface area contributed by atoms with Gasteiger partial charge in [0.25, 0.3) is 5.91 Å². The summed E-state index contributed by atoms with van der Waals surface area (Å²) < 4.78 is 22.7. The molecule has 170 valence electrons. The minimum absolute atomic E-state index is 0.223. The zero-order valence-corrected chi connectivity index (χ0v) is 19.6. The summed E-state index contributed by atoms with van der Waals surface area (Å²) in [7, 11) is 0. The predicted molar refractivity (Wildman–Crippen MR) is 124 cm³/mol. The van der Waals surface area contributed by atoms with Crippen molar-refractivity contribution in [3.8, 4) is 23.0 Å². The lowest BCUT2D eigenvalue weighted by Gasteiger charge is -2.16. The molecule has 0 fully saturated rings. The monoisotopic (exact) mass is 477 g/mol. The van der Waals surface area contributed by atoms with Gasteiger partial charge in [-0.05, 0) is 57.2 Å². The molecule has 0 atom stereocenters. The Morgan fingerprint density at radius 2 is 1.56 bits per heavy atom. The van der Waals surface area contributed by atoms with Gasteiger partial charge in [-0.2, -0.15) is 0 Å². The van der Waals surface area contributed by atoms with Crippen molar-refractivity contribution in [1.82, 2.24) is 10.2 Å². The molecule has 0 aliphatic rings. The van der Waals surface area contributed by atoms with Crippen LogP contribution < -0.4 is 24.3 Å². The van der Waals surface area contributed by atoms with Gasteiger partial charge in [-0.3, -0.25) is 10.1 Å². The molecule has 3 rings (SSSR count). The molecule has 32 heavy (non-hydrogen) atoms. The molecule has 2 aromatic carbocycles. The van der Waals surface area contributed by atoms with E-state index in [4.69, 9.17) is 30.5 Å². The Balaban J connectivity index is 1.71. The van der Waals surface area contributed by atoms with Crippen LogP contribution in [0.25, 0.3) is 0 Å². The number of hydrogen-bond donors (Lipinski definition) is 1. The van der Waals surface area contributed by atoms with Gasteiger partial charge in [0, 0.05) is 10.6 Å². The maximum absolute atomic E-state index is 12.8. The SMILES string of the molecule is CCOc1cc(C(=O)Nc2nnc(COc3ccc(Cl)cc3)s2)cc(OCC)c1OCC. The van der Waals surface area contributed by atoms with E-state index < -0.39 is 0 Å². The van der Waals surface area contributed by atoms with Gasteiger partial charge in [0.2, 0.25) is 10.9 Å². The first kappa shape index (κ1) is 23.6. The highest BCUT2D eigenvalue weighted by Crippen LogP contribution is 2.39. The maximum Gasteiger partial charge on any atom is 0.257 e. The minimum atomic E-state index is -0.365. The van der Waals surface area contributed by atoms with Gasteiger partial charge in [-0.25, -0.2) is 0 Å². The van der Waals surface area contributed by atoms with Gasteiger partial charge in [-0.1, -0.05) is 22.9 Å². The van der Waals surface area contributed by atoms with Gasteiger partial charge < -0.3 is 18.9 Å². The highest BCUT2D eigenvalue weighted by molar-refractivity contribution is 7.15. The fourth-order valence-electron chi connectivity index (χ4n) is 2.73. The molecular formula is C22H24ClN3O5S. The first-order chi connectivity index (χ1) is 15.5. The van der Waals surface area contributed by atoms with Crippen LogP contribution in [0.5, 0.6) is 23.0 Å². The Hall–Kier alpha value is -3.04. The van der Waals surface area contributed by atoms with Gasteiger partial charge in [0.15, 0.2) is 16.5 Å². The van der Waals surface area contributed by atoms with Crippen LogP contribution in [-0.2, 0) is 6.61 Å². The predicted octanol–water partition coefficient (Wildman–Crippen LogP) is 5.22. The Labute approximate surface area is 195 Å². The molecular weight excluding hydrogens is 454 g/mol. The molecule has 1 heterocycles. The molecule has 0 bridgehead atoms. The molecule has 3 aromatic rings. The number of rotatable bonds is 11. The van der Waals surface area contributed by atoms with Gasteiger partial charge in [-0.15, -0.1) is 10.2 Å². The molecule has 0 unspecified atom stereocenters. The number of nitrogens with one attached hydrogen (secondary N) is 1. The molecule has 0 saturated heterocycles. The highest BCUT2D eigenvalue weighted by Gasteiger charge is 2.19. The number of carbonyl (C=O) groups is 1. The minimum Gasteiger partial charge on any atom is -0.490 e. The zero-order valence-electron chi connectivity index (χ0n) is 18.0. The second-order valence-corrected chi connectivity index (χ2v) is 7.80. The molecule has 1 aromatic heterocycles. The Bertz CT molecular complexity index is 1020. The zero-order chi connectivity index (χ0) is 22.9. The molecule has 1 N–H and O–H groups in total. The molecule has 0 aliphatic heterocycles. The summed E-state index contributed by atoms with van der Waals surface area (Å²) in [6, 6.07) is 10.3. The molecule has 0 aliphatic carbocycles. The van der Waals surface area contributed by atoms with Crippen molar-refractivity contribution in [2.45, 2.75) is 27.4 Å². The summed E-state index contributed by atoms with van der Waals surface area (Å²) in [6.45, 7) is 7.10. The van der Waals surface area contributed by atoms with Gasteiger partial charge in [0.05, 0.1) is 19.8 Å². The van der Waals surface area contributed by atoms with E-state index in [0.717, 1.165) is 0 Å². The number of benzene rings is 2. The van der Waals surface area contributed by atoms with Gasteiger partial charge >= 0.3 is 0 Å². The molecule has 0 radical (unpaired) electrons. The van der Waals surface area contributed by atoms with E-state index in [2.05, 4.69) is 15.5 Å². The van der Waals surface area contributed by atoms with Crippen LogP contribution in [0.15, 0.2) is 36.4 Å². The summed E-state index contributed by atoms with van der Waals surface area (Å²) in [5, 5.41) is 12.4. The Kier molecular flexibility index (Phi) is 8.52. The van der Waals surface area contributed by atoms with Crippen LogP contribution in [0.3, 0.4) is 0 Å². The van der Waals surface area contributed by atoms with E-state index in [1.807, 2.05) is 20.8 Å². The van der Waals surface area contributed by atoms with Crippen molar-refractivity contribution >= 4 is 34.0 Å². The van der Waals surface area contributed by atoms with Crippen molar-refractivity contribution in [3.63, 3.8) is 0 Å². The summed E-state index contributed by atoms with van der Waals surface area (Å²) in [5.41, 5.74) is 0.356. The summed E-state index contributed by atoms with van der Waals surface area (Å²) >= 11 is 7.10. The summed E-state index contributed by atoms with van der Waals surface area (Å²) in [4.78, 5) is 12.8. The van der Waals surface area contributed by atoms with E-state index in [-0.39, 0.29) is 12.5 Å². The number of hydrogen-bond acceptors (Lipinski definition) is 8. The van der Waals surface area contributed by atoms with E-state index in [9.17, 15) is 4.79 Å². The fourth-order valence-corrected chi connectivity index (χ4v) is 3.50. The van der Waals surface area contributed by atoms with E-state index in [1.54, 1.807) is 36.4 Å². The van der Waals surface area contributed by atoms with Crippen LogP contribution >= 0.6 is 22.9 Å². The average molecular weight is 478 g/mol. The van der Waals surface area contributed by atoms with Crippen LogP contribution in [0.2, 0.25) is 5.02 Å². The average Bonchev–Trinajstić information content (AvgIpc) is 3.23. The topological polar surface area (TPSA) is 91.8 Å². The Morgan fingerprint density at radius 3 is 2.16 bits per heavy atom. The number of anilines is 1. The number of carbonyl (C=O) groups excluding carboxylic acids is 1. The number of halogens is 1. The first-order valence-corrected chi connectivity index (χ1v) is 11.3. The molecule has 0 saturated carbocycles. The molecule has 10 heteroatoms. The third-order valence-corrected chi connectivity index (χ3v) is 5.10. The van der Waals surface area contributed by atoms with Crippen LogP contribution in [0.1, 0.15) is 36.1 Å². The second kappa shape index (κ2) is 11.5. The highest BCUT2D eigenvalue weighted by atomic mass is 35.5.